The number of phenolic OH excluding ortho intramolecular Hbond substituents is 1. The molecule has 1 aromatic rings. The second-order valence-electron chi connectivity index (χ2n) is 3.59. The van der Waals surface area contributed by atoms with Crippen molar-refractivity contribution >= 4 is 5.97 Å². The molecule has 0 saturated heterocycles. The summed E-state index contributed by atoms with van der Waals surface area (Å²) in [4.78, 5) is 11.5. The van der Waals surface area contributed by atoms with Crippen molar-refractivity contribution in [3.63, 3.8) is 0 Å². The van der Waals surface area contributed by atoms with Gasteiger partial charge in [-0.25, -0.2) is 4.79 Å². The fraction of sp³-hybridized carbons (Fsp3) is 0.417. The van der Waals surface area contributed by atoms with Crippen LogP contribution in [0.4, 0.5) is 0 Å². The van der Waals surface area contributed by atoms with Crippen LogP contribution in [-0.2, 0) is 4.74 Å². The van der Waals surface area contributed by atoms with Gasteiger partial charge in [0.2, 0.25) is 0 Å². The van der Waals surface area contributed by atoms with Crippen LogP contribution in [0.2, 0.25) is 0 Å². The van der Waals surface area contributed by atoms with Gasteiger partial charge in [-0.05, 0) is 43.5 Å². The molecule has 15 heavy (non-hydrogen) atoms. The number of rotatable bonds is 3. The van der Waals surface area contributed by atoms with Crippen LogP contribution < -0.4 is 0 Å². The van der Waals surface area contributed by atoms with E-state index in [1.807, 2.05) is 6.92 Å². The Labute approximate surface area is 89.7 Å². The van der Waals surface area contributed by atoms with E-state index in [2.05, 4.69) is 0 Å². The van der Waals surface area contributed by atoms with Gasteiger partial charge in [-0.1, -0.05) is 6.92 Å². The minimum absolute atomic E-state index is 0.238. The number of phenols is 1. The first-order valence-electron chi connectivity index (χ1n) is 5.03. The van der Waals surface area contributed by atoms with E-state index in [1.165, 1.54) is 0 Å². The Bertz CT molecular complexity index is 346. The molecule has 0 aromatic heterocycles. The second kappa shape index (κ2) is 4.82. The highest BCUT2D eigenvalue weighted by molar-refractivity contribution is 5.90. The molecule has 0 saturated carbocycles. The summed E-state index contributed by atoms with van der Waals surface area (Å²) in [5.41, 5.74) is 1.88. The molecule has 1 aromatic carbocycles. The molecule has 0 aliphatic carbocycles. The summed E-state index contributed by atoms with van der Waals surface area (Å²) in [6, 6.07) is 3.28. The molecule has 3 nitrogen and oxygen atoms in total. The van der Waals surface area contributed by atoms with Gasteiger partial charge in [-0.3, -0.25) is 0 Å². The van der Waals surface area contributed by atoms with Gasteiger partial charge < -0.3 is 9.84 Å². The van der Waals surface area contributed by atoms with E-state index in [0.29, 0.717) is 23.3 Å². The summed E-state index contributed by atoms with van der Waals surface area (Å²) in [7, 11) is 0. The molecule has 0 heterocycles. The highest BCUT2D eigenvalue weighted by Crippen LogP contribution is 2.23. The average Bonchev–Trinajstić information content (AvgIpc) is 2.21. The summed E-state index contributed by atoms with van der Waals surface area (Å²) in [5.74, 6) is -0.0925. The first-order chi connectivity index (χ1) is 7.06. The molecule has 0 atom stereocenters. The summed E-state index contributed by atoms with van der Waals surface area (Å²) in [5, 5.41) is 9.54. The molecular weight excluding hydrogens is 192 g/mol. The van der Waals surface area contributed by atoms with Crippen molar-refractivity contribution in [2.45, 2.75) is 27.2 Å². The van der Waals surface area contributed by atoms with Crippen molar-refractivity contribution in [3.05, 3.63) is 28.8 Å². The van der Waals surface area contributed by atoms with Crippen LogP contribution in [0.15, 0.2) is 12.1 Å². The van der Waals surface area contributed by atoms with Gasteiger partial charge in [0.05, 0.1) is 12.2 Å². The minimum atomic E-state index is -0.331. The van der Waals surface area contributed by atoms with Gasteiger partial charge in [0.25, 0.3) is 0 Å². The third kappa shape index (κ3) is 2.72. The van der Waals surface area contributed by atoms with E-state index in [-0.39, 0.29) is 11.7 Å². The van der Waals surface area contributed by atoms with Crippen molar-refractivity contribution in [2.24, 2.45) is 0 Å². The minimum Gasteiger partial charge on any atom is -0.507 e. The molecule has 0 unspecified atom stereocenters. The third-order valence-corrected chi connectivity index (χ3v) is 2.16. The van der Waals surface area contributed by atoms with Gasteiger partial charge in [0.1, 0.15) is 5.75 Å². The number of esters is 1. The zero-order chi connectivity index (χ0) is 11.4. The summed E-state index contributed by atoms with van der Waals surface area (Å²) in [6.45, 7) is 5.90. The monoisotopic (exact) mass is 208 g/mol. The smallest absolute Gasteiger partial charge is 0.338 e. The quantitative estimate of drug-likeness (QED) is 0.776. The number of carbonyl (C=O) groups excluding carboxylic acids is 1. The molecule has 3 heteroatoms. The summed E-state index contributed by atoms with van der Waals surface area (Å²) in [6.07, 6.45) is 0.807. The van der Waals surface area contributed by atoms with Gasteiger partial charge in [-0.2, -0.15) is 0 Å². The average molecular weight is 208 g/mol. The fourth-order valence-electron chi connectivity index (χ4n) is 1.35. The number of benzene rings is 1. The lowest BCUT2D eigenvalue weighted by Gasteiger charge is -2.07. The van der Waals surface area contributed by atoms with E-state index >= 15 is 0 Å². The maximum atomic E-state index is 11.5. The predicted octanol–water partition coefficient (Wildman–Crippen LogP) is 2.58. The van der Waals surface area contributed by atoms with Crippen LogP contribution in [-0.4, -0.2) is 17.7 Å². The standard InChI is InChI=1S/C12H16O3/c1-4-5-15-12(14)10-6-8(2)11(13)9(3)7-10/h6-7,13H,4-5H2,1-3H3. The van der Waals surface area contributed by atoms with Crippen LogP contribution in [0.3, 0.4) is 0 Å². The highest BCUT2D eigenvalue weighted by atomic mass is 16.5. The summed E-state index contributed by atoms with van der Waals surface area (Å²) < 4.78 is 5.01. The molecule has 0 radical (unpaired) electrons. The first-order valence-corrected chi connectivity index (χ1v) is 5.03. The van der Waals surface area contributed by atoms with Crippen molar-refractivity contribution in [1.29, 1.82) is 0 Å². The Balaban J connectivity index is 2.91. The van der Waals surface area contributed by atoms with Crippen molar-refractivity contribution < 1.29 is 14.6 Å². The van der Waals surface area contributed by atoms with Crippen LogP contribution in [0.5, 0.6) is 5.75 Å². The Morgan fingerprint density at radius 3 is 2.33 bits per heavy atom. The Morgan fingerprint density at radius 2 is 1.87 bits per heavy atom. The molecule has 82 valence electrons. The molecule has 0 aliphatic heterocycles. The molecule has 0 bridgehead atoms. The molecule has 0 aliphatic rings. The zero-order valence-electron chi connectivity index (χ0n) is 9.33. The largest absolute Gasteiger partial charge is 0.507 e. The topological polar surface area (TPSA) is 46.5 Å². The van der Waals surface area contributed by atoms with E-state index in [0.717, 1.165) is 6.42 Å². The number of hydrogen-bond donors (Lipinski definition) is 1. The highest BCUT2D eigenvalue weighted by Gasteiger charge is 2.10. The van der Waals surface area contributed by atoms with Crippen LogP contribution in [0.1, 0.15) is 34.8 Å². The van der Waals surface area contributed by atoms with Crippen LogP contribution >= 0.6 is 0 Å². The van der Waals surface area contributed by atoms with E-state index < -0.39 is 0 Å². The van der Waals surface area contributed by atoms with Gasteiger partial charge in [0, 0.05) is 0 Å². The maximum Gasteiger partial charge on any atom is 0.338 e. The van der Waals surface area contributed by atoms with Crippen molar-refractivity contribution in [3.8, 4) is 5.75 Å². The van der Waals surface area contributed by atoms with Crippen LogP contribution in [0.25, 0.3) is 0 Å². The molecule has 0 fully saturated rings. The first kappa shape index (κ1) is 11.6. The lowest BCUT2D eigenvalue weighted by molar-refractivity contribution is 0.0505. The molecule has 0 spiro atoms. The molecule has 1 rings (SSSR count). The molecule has 0 amide bonds. The zero-order valence-corrected chi connectivity index (χ0v) is 9.33. The third-order valence-electron chi connectivity index (χ3n) is 2.16. The SMILES string of the molecule is CCCOC(=O)c1cc(C)c(O)c(C)c1. The Morgan fingerprint density at radius 1 is 1.33 bits per heavy atom. The number of aryl methyl sites for hydroxylation is 2. The second-order valence-corrected chi connectivity index (χ2v) is 3.59. The van der Waals surface area contributed by atoms with Crippen LogP contribution in [0, 0.1) is 13.8 Å². The van der Waals surface area contributed by atoms with Gasteiger partial charge >= 0.3 is 5.97 Å². The number of ether oxygens (including phenoxy) is 1. The maximum absolute atomic E-state index is 11.5. The number of hydrogen-bond acceptors (Lipinski definition) is 3. The summed E-state index contributed by atoms with van der Waals surface area (Å²) >= 11 is 0. The van der Waals surface area contributed by atoms with Gasteiger partial charge in [0.15, 0.2) is 0 Å². The van der Waals surface area contributed by atoms with E-state index in [4.69, 9.17) is 4.74 Å². The Hall–Kier alpha value is -1.51. The fourth-order valence-corrected chi connectivity index (χ4v) is 1.35. The normalized spacial score (nSPS) is 10.1. The number of carbonyl (C=O) groups is 1. The van der Waals surface area contributed by atoms with Crippen molar-refractivity contribution in [2.75, 3.05) is 6.61 Å². The Kier molecular flexibility index (Phi) is 3.72. The van der Waals surface area contributed by atoms with Crippen molar-refractivity contribution in [1.82, 2.24) is 0 Å². The van der Waals surface area contributed by atoms with Gasteiger partial charge in [-0.15, -0.1) is 0 Å². The van der Waals surface area contributed by atoms with E-state index in [9.17, 15) is 9.90 Å². The number of aromatic hydroxyl groups is 1. The van der Waals surface area contributed by atoms with E-state index in [1.54, 1.807) is 26.0 Å². The molecular formula is C12H16O3. The lowest BCUT2D eigenvalue weighted by Crippen LogP contribution is -2.06. The lowest BCUT2D eigenvalue weighted by atomic mass is 10.1. The molecule has 1 N–H and O–H groups in total. The predicted molar refractivity (Wildman–Crippen MR) is 58.2 cm³/mol.